The van der Waals surface area contributed by atoms with Gasteiger partial charge in [0.05, 0.1) is 6.61 Å². The monoisotopic (exact) mass is 276 g/mol. The molecule has 1 unspecified atom stereocenters. The van der Waals surface area contributed by atoms with Gasteiger partial charge in [-0.2, -0.15) is 0 Å². The number of carbonyl (C=O) groups is 2. The molecule has 4 fully saturated rings. The summed E-state index contributed by atoms with van der Waals surface area (Å²) in [6.45, 7) is 10.7. The van der Waals surface area contributed by atoms with Crippen molar-refractivity contribution in [3.05, 3.63) is 12.2 Å². The molecule has 0 aliphatic heterocycles. The van der Waals surface area contributed by atoms with Crippen molar-refractivity contribution in [1.82, 2.24) is 0 Å². The maximum Gasteiger partial charge on any atom is 0.302 e. The highest BCUT2D eigenvalue weighted by Gasteiger charge is 2.70. The summed E-state index contributed by atoms with van der Waals surface area (Å²) in [5, 5.41) is 0. The van der Waals surface area contributed by atoms with Crippen molar-refractivity contribution in [3.8, 4) is 0 Å². The van der Waals surface area contributed by atoms with Crippen LogP contribution < -0.4 is 0 Å². The highest BCUT2D eigenvalue weighted by molar-refractivity contribution is 5.98. The van der Waals surface area contributed by atoms with Crippen LogP contribution in [-0.4, -0.2) is 18.4 Å². The first-order valence-electron chi connectivity index (χ1n) is 7.65. The van der Waals surface area contributed by atoms with Gasteiger partial charge in [-0.05, 0) is 41.6 Å². The zero-order valence-electron chi connectivity index (χ0n) is 12.7. The van der Waals surface area contributed by atoms with Crippen LogP contribution in [0, 0.1) is 28.6 Å². The standard InChI is InChI=1S/C17H24O3/c1-10-13(19)8-12-15-14(10)17(12,9-20-11(2)18)7-5-6-16(15,3)4/h12,14-15H,1,5-9H2,2-4H3/t12-,14+,15-,17?/m0/s1. The Morgan fingerprint density at radius 3 is 2.70 bits per heavy atom. The number of ether oxygens (including phenoxy) is 1. The van der Waals surface area contributed by atoms with Gasteiger partial charge in [0.25, 0.3) is 0 Å². The Kier molecular flexibility index (Phi) is 2.90. The van der Waals surface area contributed by atoms with Gasteiger partial charge in [-0.1, -0.05) is 26.8 Å². The predicted molar refractivity (Wildman–Crippen MR) is 75.9 cm³/mol. The molecule has 4 aliphatic carbocycles. The van der Waals surface area contributed by atoms with Crippen molar-refractivity contribution >= 4 is 11.8 Å². The van der Waals surface area contributed by atoms with Crippen LogP contribution in [0.25, 0.3) is 0 Å². The van der Waals surface area contributed by atoms with Crippen molar-refractivity contribution < 1.29 is 14.3 Å². The van der Waals surface area contributed by atoms with Gasteiger partial charge >= 0.3 is 5.97 Å². The van der Waals surface area contributed by atoms with E-state index in [-0.39, 0.29) is 28.5 Å². The van der Waals surface area contributed by atoms with E-state index >= 15 is 0 Å². The maximum absolute atomic E-state index is 12.1. The van der Waals surface area contributed by atoms with Crippen molar-refractivity contribution in [2.45, 2.75) is 46.5 Å². The van der Waals surface area contributed by atoms with E-state index in [1.807, 2.05) is 0 Å². The van der Waals surface area contributed by atoms with Gasteiger partial charge < -0.3 is 4.74 Å². The molecule has 4 atom stereocenters. The van der Waals surface area contributed by atoms with Crippen LogP contribution in [-0.2, 0) is 14.3 Å². The Morgan fingerprint density at radius 2 is 2.10 bits per heavy atom. The van der Waals surface area contributed by atoms with Gasteiger partial charge in [0.2, 0.25) is 0 Å². The summed E-state index contributed by atoms with van der Waals surface area (Å²) in [5.74, 6) is 1.15. The smallest absolute Gasteiger partial charge is 0.302 e. The first kappa shape index (κ1) is 13.8. The van der Waals surface area contributed by atoms with E-state index in [2.05, 4.69) is 20.4 Å². The van der Waals surface area contributed by atoms with E-state index in [1.165, 1.54) is 13.3 Å². The van der Waals surface area contributed by atoms with Crippen molar-refractivity contribution in [3.63, 3.8) is 0 Å². The summed E-state index contributed by atoms with van der Waals surface area (Å²) in [6, 6.07) is 0. The molecule has 3 heteroatoms. The number of hydrogen-bond donors (Lipinski definition) is 0. The molecule has 4 aliphatic rings. The van der Waals surface area contributed by atoms with Gasteiger partial charge in [-0.15, -0.1) is 0 Å². The fourth-order valence-electron chi connectivity index (χ4n) is 5.34. The SMILES string of the molecule is C=C1C(=O)C[C@H]2[C@H]3[C@@H]1C2(COC(C)=O)CCCC3(C)C. The lowest BCUT2D eigenvalue weighted by molar-refractivity contribution is -0.197. The van der Waals surface area contributed by atoms with Gasteiger partial charge in [0.15, 0.2) is 5.78 Å². The summed E-state index contributed by atoms with van der Waals surface area (Å²) in [6.07, 6.45) is 4.00. The van der Waals surface area contributed by atoms with Crippen molar-refractivity contribution in [2.24, 2.45) is 28.6 Å². The third-order valence-corrected chi connectivity index (χ3v) is 6.20. The minimum absolute atomic E-state index is 0.00486. The fourth-order valence-corrected chi connectivity index (χ4v) is 5.34. The first-order chi connectivity index (χ1) is 9.29. The number of fused-ring (bicyclic) bond motifs is 2. The quantitative estimate of drug-likeness (QED) is 0.575. The molecule has 0 saturated heterocycles. The molecule has 3 nitrogen and oxygen atoms in total. The third-order valence-electron chi connectivity index (χ3n) is 6.20. The van der Waals surface area contributed by atoms with Crippen molar-refractivity contribution in [2.75, 3.05) is 6.61 Å². The minimum atomic E-state index is -0.221. The maximum atomic E-state index is 12.1. The molecule has 4 saturated carbocycles. The minimum Gasteiger partial charge on any atom is -0.465 e. The lowest BCUT2D eigenvalue weighted by atomic mass is 9.36. The van der Waals surface area contributed by atoms with E-state index < -0.39 is 0 Å². The number of esters is 1. The van der Waals surface area contributed by atoms with E-state index in [4.69, 9.17) is 4.74 Å². The van der Waals surface area contributed by atoms with Gasteiger partial charge in [-0.25, -0.2) is 0 Å². The Labute approximate surface area is 120 Å². The summed E-state index contributed by atoms with van der Waals surface area (Å²) in [5.41, 5.74) is 1.05. The Bertz CT molecular complexity index is 490. The van der Waals surface area contributed by atoms with Crippen LogP contribution in [0.1, 0.15) is 46.5 Å². The van der Waals surface area contributed by atoms with Crippen LogP contribution >= 0.6 is 0 Å². The van der Waals surface area contributed by atoms with E-state index in [9.17, 15) is 9.59 Å². The third kappa shape index (κ3) is 1.64. The molecule has 4 rings (SSSR count). The number of rotatable bonds is 2. The summed E-state index contributed by atoms with van der Waals surface area (Å²) in [7, 11) is 0. The van der Waals surface area contributed by atoms with Crippen LogP contribution in [0.4, 0.5) is 0 Å². The Balaban J connectivity index is 1.97. The van der Waals surface area contributed by atoms with Gasteiger partial charge in [0.1, 0.15) is 0 Å². The molecule has 0 aromatic carbocycles. The van der Waals surface area contributed by atoms with Crippen molar-refractivity contribution in [1.29, 1.82) is 0 Å². The Hall–Kier alpha value is -1.12. The molecular formula is C17H24O3. The molecule has 20 heavy (non-hydrogen) atoms. The first-order valence-corrected chi connectivity index (χ1v) is 7.65. The van der Waals surface area contributed by atoms with Gasteiger partial charge in [0, 0.05) is 18.8 Å². The number of Topliss-reactive ketones (excluding diaryl/α,β-unsaturated/α-hetero) is 1. The molecule has 0 N–H and O–H groups in total. The fraction of sp³-hybridized carbons (Fsp3) is 0.765. The average Bonchev–Trinajstić information content (AvgIpc) is 2.53. The predicted octanol–water partition coefficient (Wildman–Crippen LogP) is 3.14. The number of carbonyl (C=O) groups excluding carboxylic acids is 2. The molecule has 0 heterocycles. The zero-order chi connectivity index (χ0) is 14.7. The highest BCUT2D eigenvalue weighted by Crippen LogP contribution is 2.72. The van der Waals surface area contributed by atoms with Gasteiger partial charge in [-0.3, -0.25) is 9.59 Å². The number of ketones is 1. The van der Waals surface area contributed by atoms with Crippen LogP contribution in [0.2, 0.25) is 0 Å². The molecule has 0 amide bonds. The molecule has 4 bridgehead atoms. The van der Waals surface area contributed by atoms with Crippen LogP contribution in [0.15, 0.2) is 12.2 Å². The largest absolute Gasteiger partial charge is 0.465 e. The number of hydrogen-bond acceptors (Lipinski definition) is 3. The second-order valence-corrected chi connectivity index (χ2v) is 7.62. The molecule has 110 valence electrons. The molecule has 0 radical (unpaired) electrons. The number of allylic oxidation sites excluding steroid dienone is 1. The normalized spacial score (nSPS) is 41.6. The zero-order valence-corrected chi connectivity index (χ0v) is 12.7. The summed E-state index contributed by atoms with van der Waals surface area (Å²) < 4.78 is 5.37. The van der Waals surface area contributed by atoms with E-state index in [0.29, 0.717) is 24.9 Å². The van der Waals surface area contributed by atoms with Crippen LogP contribution in [0.3, 0.4) is 0 Å². The van der Waals surface area contributed by atoms with Crippen LogP contribution in [0.5, 0.6) is 0 Å². The molecule has 0 aromatic rings. The summed E-state index contributed by atoms with van der Waals surface area (Å²) in [4.78, 5) is 23.3. The molecule has 0 aromatic heterocycles. The van der Waals surface area contributed by atoms with E-state index in [0.717, 1.165) is 18.4 Å². The lowest BCUT2D eigenvalue weighted by Gasteiger charge is -2.67. The summed E-state index contributed by atoms with van der Waals surface area (Å²) >= 11 is 0. The Morgan fingerprint density at radius 1 is 1.40 bits per heavy atom. The second-order valence-electron chi connectivity index (χ2n) is 7.62. The molecule has 0 spiro atoms. The lowest BCUT2D eigenvalue weighted by Crippen LogP contribution is -2.66. The second kappa shape index (κ2) is 4.19. The highest BCUT2D eigenvalue weighted by atomic mass is 16.5. The topological polar surface area (TPSA) is 43.4 Å². The average molecular weight is 276 g/mol. The molecular weight excluding hydrogens is 252 g/mol. The van der Waals surface area contributed by atoms with E-state index in [1.54, 1.807) is 0 Å².